The largest absolute Gasteiger partial charge is 0.507 e. The summed E-state index contributed by atoms with van der Waals surface area (Å²) in [6.07, 6.45) is 0.708. The van der Waals surface area contributed by atoms with Crippen LogP contribution in [0.2, 0.25) is 0 Å². The summed E-state index contributed by atoms with van der Waals surface area (Å²) in [6, 6.07) is 8.32. The molecule has 1 aromatic heterocycles. The van der Waals surface area contributed by atoms with Gasteiger partial charge in [0.05, 0.1) is 5.57 Å². The van der Waals surface area contributed by atoms with E-state index in [9.17, 15) is 14.7 Å². The number of hydrogen-bond acceptors (Lipinski definition) is 5. The lowest BCUT2D eigenvalue weighted by Crippen LogP contribution is -2.32. The Balaban J connectivity index is 2.08. The van der Waals surface area contributed by atoms with Gasteiger partial charge >= 0.3 is 0 Å². The number of aryl methyl sites for hydroxylation is 3. The summed E-state index contributed by atoms with van der Waals surface area (Å²) in [4.78, 5) is 29.3. The standard InChI is InChI=1S/C23H28N2O4/c1-14-7-9-17(13-15(14)2)21(26)19-20(18-10-8-16(3)29-18)25(23(28)22(19)27)12-6-11-24(4)5/h7-10,13,20,26H,6,11-12H2,1-5H3/b21-19-. The second-order valence-electron chi connectivity index (χ2n) is 7.90. The minimum atomic E-state index is -0.729. The Hall–Kier alpha value is -2.86. The lowest BCUT2D eigenvalue weighted by atomic mass is 9.97. The van der Waals surface area contributed by atoms with Gasteiger partial charge in [0.15, 0.2) is 0 Å². The number of Topliss-reactive ketones (excluding diaryl/α,β-unsaturated/α-hetero) is 1. The first-order chi connectivity index (χ1) is 13.7. The number of benzene rings is 1. The molecule has 1 N–H and O–H groups in total. The molecule has 0 radical (unpaired) electrons. The molecule has 1 fully saturated rings. The summed E-state index contributed by atoms with van der Waals surface area (Å²) >= 11 is 0. The van der Waals surface area contributed by atoms with Crippen molar-refractivity contribution >= 4 is 17.4 Å². The number of hydrogen-bond donors (Lipinski definition) is 1. The van der Waals surface area contributed by atoms with E-state index in [1.54, 1.807) is 18.2 Å². The van der Waals surface area contributed by atoms with E-state index in [0.717, 1.165) is 17.7 Å². The van der Waals surface area contributed by atoms with Gasteiger partial charge in [-0.05, 0) is 77.2 Å². The van der Waals surface area contributed by atoms with Gasteiger partial charge in [-0.3, -0.25) is 9.59 Å². The number of carbonyl (C=O) groups excluding carboxylic acids is 2. The van der Waals surface area contributed by atoms with Crippen LogP contribution in [-0.4, -0.2) is 53.8 Å². The van der Waals surface area contributed by atoms with Crippen LogP contribution in [0.25, 0.3) is 5.76 Å². The Labute approximate surface area is 171 Å². The van der Waals surface area contributed by atoms with Gasteiger partial charge < -0.3 is 19.3 Å². The molecule has 1 amide bonds. The first kappa shape index (κ1) is 20.9. The highest BCUT2D eigenvalue weighted by molar-refractivity contribution is 6.46. The smallest absolute Gasteiger partial charge is 0.295 e. The zero-order chi connectivity index (χ0) is 21.3. The number of aliphatic hydroxyl groups is 1. The van der Waals surface area contributed by atoms with E-state index in [-0.39, 0.29) is 11.3 Å². The minimum Gasteiger partial charge on any atom is -0.507 e. The molecule has 154 valence electrons. The third-order valence-corrected chi connectivity index (χ3v) is 5.36. The Morgan fingerprint density at radius 3 is 2.41 bits per heavy atom. The number of amides is 1. The Morgan fingerprint density at radius 2 is 1.83 bits per heavy atom. The molecule has 1 unspecified atom stereocenters. The second-order valence-corrected chi connectivity index (χ2v) is 7.90. The fourth-order valence-electron chi connectivity index (χ4n) is 3.61. The highest BCUT2D eigenvalue weighted by Gasteiger charge is 2.47. The van der Waals surface area contributed by atoms with Crippen LogP contribution in [0.15, 0.2) is 40.3 Å². The minimum absolute atomic E-state index is 0.0810. The van der Waals surface area contributed by atoms with Crippen LogP contribution >= 0.6 is 0 Å². The van der Waals surface area contributed by atoms with Gasteiger partial charge in [-0.15, -0.1) is 0 Å². The Bertz CT molecular complexity index is 971. The van der Waals surface area contributed by atoms with Crippen LogP contribution in [0.4, 0.5) is 0 Å². The Kier molecular flexibility index (Phi) is 5.94. The highest BCUT2D eigenvalue weighted by atomic mass is 16.3. The fourth-order valence-corrected chi connectivity index (χ4v) is 3.61. The molecule has 1 aliphatic heterocycles. The van der Waals surface area contributed by atoms with Crippen molar-refractivity contribution in [2.45, 2.75) is 33.2 Å². The molecule has 3 rings (SSSR count). The molecular weight excluding hydrogens is 368 g/mol. The number of rotatable bonds is 6. The molecule has 6 nitrogen and oxygen atoms in total. The zero-order valence-electron chi connectivity index (χ0n) is 17.7. The van der Waals surface area contributed by atoms with Crippen LogP contribution in [0, 0.1) is 20.8 Å². The molecule has 2 heterocycles. The number of carbonyl (C=O) groups is 2. The topological polar surface area (TPSA) is 74.0 Å². The SMILES string of the molecule is Cc1ccc(C2/C(=C(/O)c3ccc(C)c(C)c3)C(=O)C(=O)N2CCCN(C)C)o1. The van der Waals surface area contributed by atoms with Crippen molar-refractivity contribution in [2.24, 2.45) is 0 Å². The van der Waals surface area contributed by atoms with Crippen LogP contribution in [0.3, 0.4) is 0 Å². The third-order valence-electron chi connectivity index (χ3n) is 5.36. The molecule has 1 aromatic carbocycles. The summed E-state index contributed by atoms with van der Waals surface area (Å²) in [5, 5.41) is 11.0. The van der Waals surface area contributed by atoms with Crippen molar-refractivity contribution < 1.29 is 19.1 Å². The molecule has 0 saturated carbocycles. The quantitative estimate of drug-likeness (QED) is 0.459. The number of likely N-dealkylation sites (tertiary alicyclic amines) is 1. The first-order valence-electron chi connectivity index (χ1n) is 9.77. The van der Waals surface area contributed by atoms with Crippen molar-refractivity contribution in [3.05, 3.63) is 64.1 Å². The van der Waals surface area contributed by atoms with E-state index in [1.165, 1.54) is 4.90 Å². The molecule has 1 saturated heterocycles. The van der Waals surface area contributed by atoms with Gasteiger partial charge in [0, 0.05) is 12.1 Å². The average molecular weight is 396 g/mol. The van der Waals surface area contributed by atoms with Crippen molar-refractivity contribution in [3.63, 3.8) is 0 Å². The number of nitrogens with zero attached hydrogens (tertiary/aromatic N) is 2. The lowest BCUT2D eigenvalue weighted by Gasteiger charge is -2.24. The molecule has 29 heavy (non-hydrogen) atoms. The van der Waals surface area contributed by atoms with E-state index < -0.39 is 17.7 Å². The summed E-state index contributed by atoms with van der Waals surface area (Å²) in [5.41, 5.74) is 2.69. The molecule has 0 aliphatic carbocycles. The van der Waals surface area contributed by atoms with E-state index in [2.05, 4.69) is 0 Å². The number of furan rings is 1. The molecule has 0 bridgehead atoms. The monoisotopic (exact) mass is 396 g/mol. The van der Waals surface area contributed by atoms with Gasteiger partial charge in [0.25, 0.3) is 11.7 Å². The normalized spacial score (nSPS) is 18.8. The Morgan fingerprint density at radius 1 is 1.10 bits per heavy atom. The van der Waals surface area contributed by atoms with Crippen molar-refractivity contribution in [3.8, 4) is 0 Å². The van der Waals surface area contributed by atoms with Gasteiger partial charge in [0.2, 0.25) is 0 Å². The summed E-state index contributed by atoms with van der Waals surface area (Å²) in [7, 11) is 3.92. The second kappa shape index (κ2) is 8.25. The maximum Gasteiger partial charge on any atom is 0.295 e. The number of ketones is 1. The van der Waals surface area contributed by atoms with Crippen LogP contribution in [0.5, 0.6) is 0 Å². The molecule has 1 atom stereocenters. The van der Waals surface area contributed by atoms with Crippen molar-refractivity contribution in [2.75, 3.05) is 27.2 Å². The molecule has 1 aliphatic rings. The predicted octanol–water partition coefficient (Wildman–Crippen LogP) is 3.58. The molecule has 2 aromatic rings. The third kappa shape index (κ3) is 4.12. The van der Waals surface area contributed by atoms with Gasteiger partial charge in [-0.1, -0.05) is 12.1 Å². The predicted molar refractivity (Wildman–Crippen MR) is 112 cm³/mol. The maximum absolute atomic E-state index is 12.9. The van der Waals surface area contributed by atoms with Gasteiger partial charge in [0.1, 0.15) is 23.3 Å². The molecular formula is C23H28N2O4. The van der Waals surface area contributed by atoms with E-state index in [0.29, 0.717) is 30.0 Å². The van der Waals surface area contributed by atoms with Gasteiger partial charge in [-0.2, -0.15) is 0 Å². The molecule has 6 heteroatoms. The van der Waals surface area contributed by atoms with Crippen LogP contribution in [-0.2, 0) is 9.59 Å². The zero-order valence-corrected chi connectivity index (χ0v) is 17.7. The van der Waals surface area contributed by atoms with E-state index in [1.807, 2.05) is 51.9 Å². The van der Waals surface area contributed by atoms with Crippen molar-refractivity contribution in [1.29, 1.82) is 0 Å². The maximum atomic E-state index is 12.9. The highest BCUT2D eigenvalue weighted by Crippen LogP contribution is 2.40. The van der Waals surface area contributed by atoms with Crippen LogP contribution < -0.4 is 0 Å². The molecule has 0 spiro atoms. The van der Waals surface area contributed by atoms with E-state index >= 15 is 0 Å². The average Bonchev–Trinajstić information content (AvgIpc) is 3.19. The van der Waals surface area contributed by atoms with E-state index in [4.69, 9.17) is 4.42 Å². The lowest BCUT2D eigenvalue weighted by molar-refractivity contribution is -0.140. The first-order valence-corrected chi connectivity index (χ1v) is 9.77. The summed E-state index contributed by atoms with van der Waals surface area (Å²) in [6.45, 7) is 6.92. The summed E-state index contributed by atoms with van der Waals surface area (Å²) < 4.78 is 5.78. The van der Waals surface area contributed by atoms with Crippen molar-refractivity contribution in [1.82, 2.24) is 9.80 Å². The summed E-state index contributed by atoms with van der Waals surface area (Å²) in [5.74, 6) is -0.277. The van der Waals surface area contributed by atoms with Gasteiger partial charge in [-0.25, -0.2) is 0 Å². The van der Waals surface area contributed by atoms with Crippen LogP contribution in [0.1, 0.15) is 40.7 Å². The fraction of sp³-hybridized carbons (Fsp3) is 0.391. The number of aliphatic hydroxyl groups excluding tert-OH is 1.